The fourth-order valence-corrected chi connectivity index (χ4v) is 2.26. The summed E-state index contributed by atoms with van der Waals surface area (Å²) >= 11 is 0. The Morgan fingerprint density at radius 1 is 1.29 bits per heavy atom. The molecule has 2 amide bonds. The van der Waals surface area contributed by atoms with Crippen LogP contribution in [0.1, 0.15) is 33.1 Å². The standard InChI is InChI=1S/C12H20N2O3/c1-11(2)5-6-14(8-11)10(17)13-7-12(3-4-12)9(15)16/h3-8H2,1-2H3,(H,13,17)(H,15,16). The van der Waals surface area contributed by atoms with Gasteiger partial charge in [0.15, 0.2) is 0 Å². The normalized spacial score (nSPS) is 24.5. The fourth-order valence-electron chi connectivity index (χ4n) is 2.26. The molecule has 1 saturated heterocycles. The second-order valence-corrected chi connectivity index (χ2v) is 6.08. The number of hydrogen-bond acceptors (Lipinski definition) is 2. The minimum absolute atomic E-state index is 0.122. The van der Waals surface area contributed by atoms with Gasteiger partial charge in [0.05, 0.1) is 5.41 Å². The van der Waals surface area contributed by atoms with Gasteiger partial charge in [-0.05, 0) is 24.7 Å². The van der Waals surface area contributed by atoms with E-state index in [4.69, 9.17) is 5.11 Å². The van der Waals surface area contributed by atoms with Crippen LogP contribution < -0.4 is 5.32 Å². The molecule has 1 aliphatic heterocycles. The molecule has 96 valence electrons. The van der Waals surface area contributed by atoms with Gasteiger partial charge in [-0.1, -0.05) is 13.8 Å². The Bertz CT molecular complexity index is 348. The molecule has 0 aromatic rings. The second kappa shape index (κ2) is 3.89. The smallest absolute Gasteiger partial charge is 0.317 e. The van der Waals surface area contributed by atoms with Crippen molar-refractivity contribution in [3.8, 4) is 0 Å². The van der Waals surface area contributed by atoms with Crippen molar-refractivity contribution >= 4 is 12.0 Å². The van der Waals surface area contributed by atoms with Gasteiger partial charge < -0.3 is 15.3 Å². The number of aliphatic carboxylic acids is 1. The van der Waals surface area contributed by atoms with Crippen molar-refractivity contribution in [1.29, 1.82) is 0 Å². The molecule has 0 aromatic carbocycles. The quantitative estimate of drug-likeness (QED) is 0.781. The van der Waals surface area contributed by atoms with Crippen LogP contribution in [0.3, 0.4) is 0 Å². The number of carbonyl (C=O) groups is 2. The maximum atomic E-state index is 11.9. The highest BCUT2D eigenvalue weighted by atomic mass is 16.4. The van der Waals surface area contributed by atoms with Gasteiger partial charge in [-0.3, -0.25) is 4.79 Å². The first-order valence-electron chi connectivity index (χ1n) is 6.11. The lowest BCUT2D eigenvalue weighted by molar-refractivity contribution is -0.143. The van der Waals surface area contributed by atoms with E-state index in [2.05, 4.69) is 19.2 Å². The van der Waals surface area contributed by atoms with Gasteiger partial charge >= 0.3 is 12.0 Å². The molecule has 2 fully saturated rings. The number of amides is 2. The molecule has 0 spiro atoms. The zero-order chi connectivity index (χ0) is 12.7. The lowest BCUT2D eigenvalue weighted by atomic mass is 9.93. The van der Waals surface area contributed by atoms with Gasteiger partial charge in [-0.25, -0.2) is 4.79 Å². The van der Waals surface area contributed by atoms with E-state index < -0.39 is 11.4 Å². The van der Waals surface area contributed by atoms with E-state index >= 15 is 0 Å². The van der Waals surface area contributed by atoms with Gasteiger partial charge in [0, 0.05) is 19.6 Å². The molecule has 0 bridgehead atoms. The molecule has 1 heterocycles. The van der Waals surface area contributed by atoms with Gasteiger partial charge in [-0.2, -0.15) is 0 Å². The van der Waals surface area contributed by atoms with Crippen LogP contribution >= 0.6 is 0 Å². The lowest BCUT2D eigenvalue weighted by Crippen LogP contribution is -2.43. The lowest BCUT2D eigenvalue weighted by Gasteiger charge is -2.21. The zero-order valence-electron chi connectivity index (χ0n) is 10.5. The van der Waals surface area contributed by atoms with E-state index in [0.29, 0.717) is 12.8 Å². The van der Waals surface area contributed by atoms with E-state index in [9.17, 15) is 9.59 Å². The monoisotopic (exact) mass is 240 g/mol. The summed E-state index contributed by atoms with van der Waals surface area (Å²) in [5, 5.41) is 11.8. The van der Waals surface area contributed by atoms with Crippen LogP contribution in [0.5, 0.6) is 0 Å². The SMILES string of the molecule is CC1(C)CCN(C(=O)NCC2(C(=O)O)CC2)C1. The summed E-state index contributed by atoms with van der Waals surface area (Å²) in [6, 6.07) is -0.122. The van der Waals surface area contributed by atoms with Crippen molar-refractivity contribution in [3.05, 3.63) is 0 Å². The number of carbonyl (C=O) groups excluding carboxylic acids is 1. The number of likely N-dealkylation sites (tertiary alicyclic amines) is 1. The average Bonchev–Trinajstić information content (AvgIpc) is 2.95. The van der Waals surface area contributed by atoms with Gasteiger partial charge in [0.2, 0.25) is 0 Å². The van der Waals surface area contributed by atoms with Crippen molar-refractivity contribution in [2.75, 3.05) is 19.6 Å². The number of urea groups is 1. The van der Waals surface area contributed by atoms with Crippen LogP contribution in [0.4, 0.5) is 4.79 Å². The molecule has 17 heavy (non-hydrogen) atoms. The van der Waals surface area contributed by atoms with Gasteiger partial charge in [0.1, 0.15) is 0 Å². The number of carboxylic acid groups (broad SMARTS) is 1. The molecule has 0 radical (unpaired) electrons. The van der Waals surface area contributed by atoms with E-state index in [0.717, 1.165) is 19.5 Å². The third-order valence-corrected chi connectivity index (χ3v) is 3.85. The number of rotatable bonds is 3. The molecule has 0 atom stereocenters. The Balaban J connectivity index is 1.81. The summed E-state index contributed by atoms with van der Waals surface area (Å²) in [6.07, 6.45) is 2.35. The average molecular weight is 240 g/mol. The highest BCUT2D eigenvalue weighted by Gasteiger charge is 2.50. The third kappa shape index (κ3) is 2.53. The van der Waals surface area contributed by atoms with E-state index in [1.54, 1.807) is 4.90 Å². The van der Waals surface area contributed by atoms with Crippen LogP contribution in [0.15, 0.2) is 0 Å². The Morgan fingerprint density at radius 3 is 2.35 bits per heavy atom. The summed E-state index contributed by atoms with van der Waals surface area (Å²) in [7, 11) is 0. The zero-order valence-corrected chi connectivity index (χ0v) is 10.5. The first kappa shape index (κ1) is 12.2. The second-order valence-electron chi connectivity index (χ2n) is 6.08. The maximum Gasteiger partial charge on any atom is 0.317 e. The molecule has 0 unspecified atom stereocenters. The third-order valence-electron chi connectivity index (χ3n) is 3.85. The topological polar surface area (TPSA) is 69.6 Å². The maximum absolute atomic E-state index is 11.9. The Hall–Kier alpha value is -1.26. The van der Waals surface area contributed by atoms with E-state index in [1.807, 2.05) is 0 Å². The van der Waals surface area contributed by atoms with E-state index in [1.165, 1.54) is 0 Å². The van der Waals surface area contributed by atoms with Gasteiger partial charge in [0.25, 0.3) is 0 Å². The molecule has 0 aromatic heterocycles. The van der Waals surface area contributed by atoms with Crippen molar-refractivity contribution in [2.24, 2.45) is 10.8 Å². The predicted octanol–water partition coefficient (Wildman–Crippen LogP) is 1.29. The molecular formula is C12H20N2O3. The van der Waals surface area contributed by atoms with Crippen molar-refractivity contribution < 1.29 is 14.7 Å². The summed E-state index contributed by atoms with van der Waals surface area (Å²) in [6.45, 7) is 6.05. The number of nitrogens with zero attached hydrogens (tertiary/aromatic N) is 1. The Labute approximate surface area is 101 Å². The van der Waals surface area contributed by atoms with Gasteiger partial charge in [-0.15, -0.1) is 0 Å². The minimum Gasteiger partial charge on any atom is -0.481 e. The first-order chi connectivity index (χ1) is 7.85. The number of nitrogens with one attached hydrogen (secondary N) is 1. The highest BCUT2D eigenvalue weighted by molar-refractivity contribution is 5.80. The van der Waals surface area contributed by atoms with E-state index in [-0.39, 0.29) is 18.0 Å². The molecule has 1 aliphatic carbocycles. The molecule has 2 N–H and O–H groups in total. The van der Waals surface area contributed by atoms with Crippen LogP contribution in [0.2, 0.25) is 0 Å². The van der Waals surface area contributed by atoms with Crippen molar-refractivity contribution in [1.82, 2.24) is 10.2 Å². The fraction of sp³-hybridized carbons (Fsp3) is 0.833. The van der Waals surface area contributed by atoms with Crippen molar-refractivity contribution in [3.63, 3.8) is 0 Å². The molecule has 5 heteroatoms. The Morgan fingerprint density at radius 2 is 1.94 bits per heavy atom. The minimum atomic E-state index is -0.792. The molecule has 2 rings (SSSR count). The van der Waals surface area contributed by atoms with Crippen LogP contribution in [-0.4, -0.2) is 41.6 Å². The molecular weight excluding hydrogens is 220 g/mol. The predicted molar refractivity (Wildman–Crippen MR) is 62.7 cm³/mol. The highest BCUT2D eigenvalue weighted by Crippen LogP contribution is 2.45. The summed E-state index contributed by atoms with van der Waals surface area (Å²) in [4.78, 5) is 24.6. The number of carboxylic acids is 1. The van der Waals surface area contributed by atoms with Crippen LogP contribution in [0, 0.1) is 10.8 Å². The summed E-state index contributed by atoms with van der Waals surface area (Å²) in [5.74, 6) is -0.792. The largest absolute Gasteiger partial charge is 0.481 e. The summed E-state index contributed by atoms with van der Waals surface area (Å²) < 4.78 is 0. The van der Waals surface area contributed by atoms with Crippen LogP contribution in [0.25, 0.3) is 0 Å². The molecule has 1 saturated carbocycles. The molecule has 5 nitrogen and oxygen atoms in total. The first-order valence-corrected chi connectivity index (χ1v) is 6.11. The molecule has 2 aliphatic rings. The van der Waals surface area contributed by atoms with Crippen LogP contribution in [-0.2, 0) is 4.79 Å². The number of hydrogen-bond donors (Lipinski definition) is 2. The van der Waals surface area contributed by atoms with Crippen molar-refractivity contribution in [2.45, 2.75) is 33.1 Å². The Kier molecular flexibility index (Phi) is 2.79. The summed E-state index contributed by atoms with van der Waals surface area (Å²) in [5.41, 5.74) is -0.494.